The van der Waals surface area contributed by atoms with Crippen LogP contribution in [-0.4, -0.2) is 47.9 Å². The van der Waals surface area contributed by atoms with E-state index in [9.17, 15) is 14.4 Å². The van der Waals surface area contributed by atoms with Crippen molar-refractivity contribution in [1.29, 1.82) is 5.26 Å². The van der Waals surface area contributed by atoms with Gasteiger partial charge in [-0.3, -0.25) is 0 Å². The molecule has 0 heterocycles. The summed E-state index contributed by atoms with van der Waals surface area (Å²) < 4.78 is 29.2. The second kappa shape index (κ2) is 24.5. The third-order valence-corrected chi connectivity index (χ3v) is 8.37. The summed E-state index contributed by atoms with van der Waals surface area (Å²) in [6.45, 7) is 8.80. The molecule has 3 rings (SSSR count). The van der Waals surface area contributed by atoms with E-state index in [1.165, 1.54) is 0 Å². The van der Waals surface area contributed by atoms with Crippen LogP contribution in [0.1, 0.15) is 98.5 Å². The zero-order chi connectivity index (χ0) is 39.0. The van der Waals surface area contributed by atoms with Crippen LogP contribution in [0.25, 0.3) is 0 Å². The van der Waals surface area contributed by atoms with E-state index in [0.29, 0.717) is 44.0 Å². The molecule has 0 aliphatic rings. The minimum atomic E-state index is -0.940. The Labute approximate surface area is 317 Å². The van der Waals surface area contributed by atoms with Crippen molar-refractivity contribution in [2.75, 3.05) is 19.8 Å². The molecule has 0 aliphatic heterocycles. The molecule has 0 aromatic heterocycles. The van der Waals surface area contributed by atoms with E-state index in [4.69, 9.17) is 39.2 Å². The number of carbonyl (C=O) groups is 3. The first kappa shape index (κ1) is 42.7. The van der Waals surface area contributed by atoms with Gasteiger partial charge >= 0.3 is 17.9 Å². The Bertz CT molecular complexity index is 1690. The van der Waals surface area contributed by atoms with E-state index in [0.717, 1.165) is 74.0 Å². The van der Waals surface area contributed by atoms with Gasteiger partial charge in [0, 0.05) is 17.6 Å². The number of nitrogens with zero attached hydrogens (tertiary/aromatic N) is 1. The summed E-state index contributed by atoms with van der Waals surface area (Å²) in [6.07, 6.45) is 8.75. The molecule has 3 aromatic carbocycles. The number of carboxylic acids is 2. The number of carboxylic acid groups (broad SMARTS) is 2. The van der Waals surface area contributed by atoms with Gasteiger partial charge in [-0.05, 0) is 98.5 Å². The highest BCUT2D eigenvalue weighted by molar-refractivity contribution is 5.93. The number of unbranched alkanes of at least 4 members (excludes halogenated alkanes) is 7. The smallest absolute Gasteiger partial charge is 0.342 e. The molecule has 0 aliphatic carbocycles. The van der Waals surface area contributed by atoms with Gasteiger partial charge in [0.2, 0.25) is 0 Å². The Kier molecular flexibility index (Phi) is 19.3. The molecule has 0 spiro atoms. The maximum atomic E-state index is 13.1. The van der Waals surface area contributed by atoms with E-state index in [2.05, 4.69) is 13.2 Å². The molecular weight excluding hydrogens is 690 g/mol. The van der Waals surface area contributed by atoms with Gasteiger partial charge in [0.25, 0.3) is 0 Å². The van der Waals surface area contributed by atoms with Crippen LogP contribution >= 0.6 is 0 Å². The molecule has 54 heavy (non-hydrogen) atoms. The molecule has 0 atom stereocenters. The number of hydrogen-bond acceptors (Lipinski definition) is 9. The largest absolute Gasteiger partial charge is 0.494 e. The Morgan fingerprint density at radius 2 is 1.06 bits per heavy atom. The van der Waals surface area contributed by atoms with Gasteiger partial charge in [-0.1, -0.05) is 63.1 Å². The predicted molar refractivity (Wildman–Crippen MR) is 204 cm³/mol. The second-order valence-corrected chi connectivity index (χ2v) is 12.8. The highest BCUT2D eigenvalue weighted by Gasteiger charge is 2.17. The number of aliphatic carboxylic acids is 2. The molecule has 0 bridgehead atoms. The van der Waals surface area contributed by atoms with Crippen LogP contribution in [0.3, 0.4) is 0 Å². The predicted octanol–water partition coefficient (Wildman–Crippen LogP) is 9.25. The number of rotatable bonds is 28. The summed E-state index contributed by atoms with van der Waals surface area (Å²) in [5.74, 6) is -0.173. The Balaban J connectivity index is 1.47. The van der Waals surface area contributed by atoms with Gasteiger partial charge in [-0.15, -0.1) is 0 Å². The number of hydrogen-bond donors (Lipinski definition) is 2. The van der Waals surface area contributed by atoms with E-state index >= 15 is 0 Å². The number of esters is 1. The summed E-state index contributed by atoms with van der Waals surface area (Å²) in [7, 11) is 0. The quantitative estimate of drug-likeness (QED) is 0.0414. The highest BCUT2D eigenvalue weighted by atomic mass is 16.5. The van der Waals surface area contributed by atoms with Gasteiger partial charge in [0.05, 0.1) is 25.9 Å². The van der Waals surface area contributed by atoms with Crippen LogP contribution in [0.2, 0.25) is 0 Å². The van der Waals surface area contributed by atoms with Crippen LogP contribution in [0.5, 0.6) is 23.0 Å². The number of ether oxygens (including phenoxy) is 5. The number of nitriles is 1. The lowest BCUT2D eigenvalue weighted by molar-refractivity contribution is -0.133. The van der Waals surface area contributed by atoms with Crippen molar-refractivity contribution in [3.05, 3.63) is 108 Å². The zero-order valence-electron chi connectivity index (χ0n) is 30.9. The first-order valence-corrected chi connectivity index (χ1v) is 18.4. The van der Waals surface area contributed by atoms with Crippen molar-refractivity contribution in [3.8, 4) is 29.1 Å². The topological polar surface area (TPSA) is 162 Å². The van der Waals surface area contributed by atoms with Crippen molar-refractivity contribution < 1.29 is 48.3 Å². The molecule has 0 radical (unpaired) electrons. The molecule has 0 unspecified atom stereocenters. The summed E-state index contributed by atoms with van der Waals surface area (Å²) in [5.41, 5.74) is 2.49. The number of carbonyl (C=O) groups excluding carboxylic acids is 1. The molecule has 0 amide bonds. The molecule has 3 aromatic rings. The molecule has 11 nitrogen and oxygen atoms in total. The Hall–Kier alpha value is -5.76. The van der Waals surface area contributed by atoms with Crippen LogP contribution in [0, 0.1) is 11.3 Å². The summed E-state index contributed by atoms with van der Waals surface area (Å²) >= 11 is 0. The normalized spacial score (nSPS) is 10.5. The second-order valence-electron chi connectivity index (χ2n) is 12.8. The van der Waals surface area contributed by atoms with E-state index in [-0.39, 0.29) is 43.0 Å². The molecule has 0 saturated carbocycles. The van der Waals surface area contributed by atoms with Gasteiger partial charge in [0.1, 0.15) is 41.8 Å². The van der Waals surface area contributed by atoms with Crippen molar-refractivity contribution >= 4 is 17.9 Å². The molecule has 0 saturated heterocycles. The molecule has 11 heteroatoms. The highest BCUT2D eigenvalue weighted by Crippen LogP contribution is 2.28. The van der Waals surface area contributed by atoms with E-state index in [1.54, 1.807) is 18.2 Å². The summed E-state index contributed by atoms with van der Waals surface area (Å²) in [6, 6.07) is 22.1. The lowest BCUT2D eigenvalue weighted by Gasteiger charge is -2.14. The van der Waals surface area contributed by atoms with Gasteiger partial charge in [0.15, 0.2) is 0 Å². The molecular formula is C43H51NO10. The van der Waals surface area contributed by atoms with Crippen molar-refractivity contribution in [2.24, 2.45) is 0 Å². The third-order valence-electron chi connectivity index (χ3n) is 8.37. The SMILES string of the molecule is C=C(CCCCCCOc1ccc(COc2ccc(OCc3ccc(OCCCCCCC(=C)C(=O)O)cc3)c(C(=O)OCCCC#N)c2)cc1)C(=O)O. The summed E-state index contributed by atoms with van der Waals surface area (Å²) in [5, 5.41) is 26.6. The molecule has 288 valence electrons. The number of benzene rings is 3. The van der Waals surface area contributed by atoms with Gasteiger partial charge in [-0.2, -0.15) is 5.26 Å². The first-order valence-electron chi connectivity index (χ1n) is 18.4. The average molecular weight is 742 g/mol. The van der Waals surface area contributed by atoms with E-state index < -0.39 is 17.9 Å². The maximum Gasteiger partial charge on any atom is 0.342 e. The van der Waals surface area contributed by atoms with Crippen LogP contribution < -0.4 is 18.9 Å². The van der Waals surface area contributed by atoms with Crippen molar-refractivity contribution in [3.63, 3.8) is 0 Å². The maximum absolute atomic E-state index is 13.1. The fourth-order valence-corrected chi connectivity index (χ4v) is 5.15. The Morgan fingerprint density at radius 3 is 1.56 bits per heavy atom. The standard InChI is InChI=1S/C43H51NO10/c1-32(41(45)46)13-7-3-5-10-26-50-36-19-15-34(16-20-36)30-53-38-23-24-40(39(29-38)43(49)52-28-12-9-25-44)54-31-35-17-21-37(22-18-35)51-27-11-6-4-8-14-33(2)42(47)48/h15-24,29H,1-14,26-28,30-31H2,(H,45,46)(H,47,48). The van der Waals surface area contributed by atoms with E-state index in [1.807, 2.05) is 54.6 Å². The molecule has 2 N–H and O–H groups in total. The lowest BCUT2D eigenvalue weighted by atomic mass is 10.1. The summed E-state index contributed by atoms with van der Waals surface area (Å²) in [4.78, 5) is 34.7. The molecule has 0 fully saturated rings. The third kappa shape index (κ3) is 16.7. The van der Waals surface area contributed by atoms with Crippen LogP contribution in [0.15, 0.2) is 91.0 Å². The monoisotopic (exact) mass is 741 g/mol. The van der Waals surface area contributed by atoms with Crippen LogP contribution in [0.4, 0.5) is 0 Å². The van der Waals surface area contributed by atoms with Gasteiger partial charge in [-0.25, -0.2) is 14.4 Å². The first-order chi connectivity index (χ1) is 26.2. The lowest BCUT2D eigenvalue weighted by Crippen LogP contribution is -2.10. The van der Waals surface area contributed by atoms with Crippen molar-refractivity contribution in [1.82, 2.24) is 0 Å². The average Bonchev–Trinajstić information content (AvgIpc) is 3.17. The van der Waals surface area contributed by atoms with Gasteiger partial charge < -0.3 is 33.9 Å². The van der Waals surface area contributed by atoms with Crippen LogP contribution in [-0.2, 0) is 27.5 Å². The zero-order valence-corrected chi connectivity index (χ0v) is 30.9. The Morgan fingerprint density at radius 1 is 0.574 bits per heavy atom. The fraction of sp³-hybridized carbons (Fsp3) is 0.395. The van der Waals surface area contributed by atoms with Crippen molar-refractivity contribution in [2.45, 2.75) is 90.3 Å². The minimum absolute atomic E-state index is 0.107. The minimum Gasteiger partial charge on any atom is -0.494 e. The fourth-order valence-electron chi connectivity index (χ4n) is 5.15.